The highest BCUT2D eigenvalue weighted by atomic mass is 32.2. The van der Waals surface area contributed by atoms with E-state index < -0.39 is 21.8 Å². The van der Waals surface area contributed by atoms with Gasteiger partial charge in [-0.25, -0.2) is 0 Å². The van der Waals surface area contributed by atoms with E-state index in [0.29, 0.717) is 10.2 Å². The molecule has 0 aliphatic heterocycles. The predicted molar refractivity (Wildman–Crippen MR) is 69.4 cm³/mol. The molecule has 2 aromatic heterocycles. The van der Waals surface area contributed by atoms with Crippen LogP contribution in [0.4, 0.5) is 13.2 Å². The minimum absolute atomic E-state index is 0.0421. The number of pyridine rings is 1. The maximum absolute atomic E-state index is 12.8. The fourth-order valence-electron chi connectivity index (χ4n) is 1.85. The lowest BCUT2D eigenvalue weighted by Gasteiger charge is -2.07. The average molecular weight is 328 g/mol. The average Bonchev–Trinajstić information content (AvgIpc) is 2.91. The number of rotatable bonds is 2. The number of alkyl halides is 3. The van der Waals surface area contributed by atoms with E-state index in [-0.39, 0.29) is 15.9 Å². The number of fused-ring (bicyclic) bond motifs is 1. The Balaban J connectivity index is 2.24. The van der Waals surface area contributed by atoms with E-state index in [0.717, 1.165) is 18.3 Å². The van der Waals surface area contributed by atoms with Crippen LogP contribution in [-0.4, -0.2) is 27.8 Å². The van der Waals surface area contributed by atoms with Crippen LogP contribution in [0.25, 0.3) is 11.0 Å². The van der Waals surface area contributed by atoms with Gasteiger partial charge in [0, 0.05) is 12.4 Å². The summed E-state index contributed by atoms with van der Waals surface area (Å²) in [5, 5.41) is 7.03. The Kier molecular flexibility index (Phi) is 3.13. The molecule has 0 atom stereocenters. The van der Waals surface area contributed by atoms with E-state index in [9.17, 15) is 21.6 Å². The van der Waals surface area contributed by atoms with Crippen molar-refractivity contribution in [3.63, 3.8) is 0 Å². The normalized spacial score (nSPS) is 12.7. The first-order valence-corrected chi connectivity index (χ1v) is 7.32. The molecule has 0 N–H and O–H groups in total. The molecular formula is C12H7F3N4O2S. The number of halogens is 3. The van der Waals surface area contributed by atoms with Crippen LogP contribution < -0.4 is 0 Å². The lowest BCUT2D eigenvalue weighted by molar-refractivity contribution is -0.137. The van der Waals surface area contributed by atoms with Crippen LogP contribution in [-0.2, 0) is 16.2 Å². The molecule has 2 heterocycles. The van der Waals surface area contributed by atoms with Gasteiger partial charge >= 0.3 is 6.18 Å². The smallest absolute Gasteiger partial charge is 0.263 e. The van der Waals surface area contributed by atoms with Crippen molar-refractivity contribution in [2.24, 2.45) is 0 Å². The highest BCUT2D eigenvalue weighted by Gasteiger charge is 2.32. The van der Waals surface area contributed by atoms with Gasteiger partial charge in [-0.2, -0.15) is 21.6 Å². The first kappa shape index (κ1) is 14.4. The van der Waals surface area contributed by atoms with Crippen LogP contribution in [0.5, 0.6) is 0 Å². The van der Waals surface area contributed by atoms with Crippen LogP contribution >= 0.6 is 0 Å². The van der Waals surface area contributed by atoms with Crippen molar-refractivity contribution in [1.82, 2.24) is 19.4 Å². The zero-order valence-corrected chi connectivity index (χ0v) is 11.5. The van der Waals surface area contributed by atoms with Gasteiger partial charge in [0.15, 0.2) is 0 Å². The highest BCUT2D eigenvalue weighted by molar-refractivity contribution is 7.90. The summed E-state index contributed by atoms with van der Waals surface area (Å²) >= 11 is 0. The summed E-state index contributed by atoms with van der Waals surface area (Å²) in [7, 11) is -4.17. The maximum Gasteiger partial charge on any atom is 0.416 e. The Hall–Kier alpha value is -2.49. The molecule has 3 rings (SSSR count). The van der Waals surface area contributed by atoms with Gasteiger partial charge in [0.2, 0.25) is 0 Å². The van der Waals surface area contributed by atoms with Crippen molar-refractivity contribution in [2.75, 3.05) is 0 Å². The molecule has 0 saturated carbocycles. The number of hydrogen-bond donors (Lipinski definition) is 0. The van der Waals surface area contributed by atoms with Gasteiger partial charge < -0.3 is 0 Å². The van der Waals surface area contributed by atoms with Gasteiger partial charge in [0.25, 0.3) is 10.0 Å². The van der Waals surface area contributed by atoms with Gasteiger partial charge in [-0.15, -0.1) is 9.19 Å². The molecule has 0 aliphatic rings. The monoisotopic (exact) mass is 328 g/mol. The number of aromatic nitrogens is 4. The molecule has 0 amide bonds. The second-order valence-electron chi connectivity index (χ2n) is 4.33. The van der Waals surface area contributed by atoms with E-state index in [1.165, 1.54) is 18.3 Å². The lowest BCUT2D eigenvalue weighted by Crippen LogP contribution is -2.15. The Morgan fingerprint density at radius 1 is 1.14 bits per heavy atom. The van der Waals surface area contributed by atoms with E-state index in [4.69, 9.17) is 0 Å². The lowest BCUT2D eigenvalue weighted by atomic mass is 10.2. The molecule has 0 bridgehead atoms. The van der Waals surface area contributed by atoms with Gasteiger partial charge in [0.05, 0.1) is 5.56 Å². The summed E-state index contributed by atoms with van der Waals surface area (Å²) in [6, 6.07) is 5.25. The van der Waals surface area contributed by atoms with Crippen LogP contribution in [0.2, 0.25) is 0 Å². The van der Waals surface area contributed by atoms with E-state index in [1.807, 2.05) is 0 Å². The third-order valence-corrected chi connectivity index (χ3v) is 4.46. The van der Waals surface area contributed by atoms with Crippen molar-refractivity contribution in [1.29, 1.82) is 0 Å². The summed E-state index contributed by atoms with van der Waals surface area (Å²) < 4.78 is 63.6. The SMILES string of the molecule is O=S(=O)(c1cccnc1)n1nnc2ccc(C(F)(F)F)cc21. The van der Waals surface area contributed by atoms with Crippen molar-refractivity contribution in [2.45, 2.75) is 11.1 Å². The molecule has 114 valence electrons. The summed E-state index contributed by atoms with van der Waals surface area (Å²) in [5.74, 6) is 0. The predicted octanol–water partition coefficient (Wildman–Crippen LogP) is 2.08. The minimum atomic E-state index is -4.60. The fraction of sp³-hybridized carbons (Fsp3) is 0.0833. The molecule has 0 fully saturated rings. The van der Waals surface area contributed by atoms with Crippen LogP contribution in [0.1, 0.15) is 5.56 Å². The van der Waals surface area contributed by atoms with Gasteiger partial charge in [0.1, 0.15) is 15.9 Å². The maximum atomic E-state index is 12.8. The molecular weight excluding hydrogens is 321 g/mol. The summed E-state index contributed by atoms with van der Waals surface area (Å²) in [6.07, 6.45) is -2.14. The molecule has 0 spiro atoms. The second-order valence-corrected chi connectivity index (χ2v) is 6.09. The van der Waals surface area contributed by atoms with Crippen LogP contribution in [0, 0.1) is 0 Å². The van der Waals surface area contributed by atoms with E-state index >= 15 is 0 Å². The highest BCUT2D eigenvalue weighted by Crippen LogP contribution is 2.31. The topological polar surface area (TPSA) is 77.7 Å². The van der Waals surface area contributed by atoms with Gasteiger partial charge in [-0.05, 0) is 30.3 Å². The molecule has 3 aromatic rings. The summed E-state index contributed by atoms with van der Waals surface area (Å²) in [6.45, 7) is 0. The minimum Gasteiger partial charge on any atom is -0.263 e. The largest absolute Gasteiger partial charge is 0.416 e. The number of nitrogens with zero attached hydrogens (tertiary/aromatic N) is 4. The molecule has 6 nitrogen and oxygen atoms in total. The van der Waals surface area contributed by atoms with Crippen molar-refractivity contribution < 1.29 is 21.6 Å². The molecule has 0 unspecified atom stereocenters. The third kappa shape index (κ3) is 2.30. The second kappa shape index (κ2) is 4.77. The number of hydrogen-bond acceptors (Lipinski definition) is 5. The van der Waals surface area contributed by atoms with E-state index in [2.05, 4.69) is 15.3 Å². The van der Waals surface area contributed by atoms with Gasteiger partial charge in [-0.3, -0.25) is 4.98 Å². The molecule has 0 aliphatic carbocycles. The fourth-order valence-corrected chi connectivity index (χ4v) is 3.03. The van der Waals surface area contributed by atoms with Crippen molar-refractivity contribution in [3.8, 4) is 0 Å². The standard InChI is InChI=1S/C12H7F3N4O2S/c13-12(14,15)8-3-4-10-11(6-8)19(18-17-10)22(20,21)9-2-1-5-16-7-9/h1-7H. The first-order valence-electron chi connectivity index (χ1n) is 5.88. The first-order chi connectivity index (χ1) is 10.3. The summed E-state index contributed by atoms with van der Waals surface area (Å²) in [4.78, 5) is 3.48. The van der Waals surface area contributed by atoms with Crippen molar-refractivity contribution in [3.05, 3.63) is 48.3 Å². The zero-order valence-electron chi connectivity index (χ0n) is 10.7. The third-order valence-electron chi connectivity index (χ3n) is 2.90. The van der Waals surface area contributed by atoms with Crippen molar-refractivity contribution >= 4 is 21.1 Å². The van der Waals surface area contributed by atoms with Crippen LogP contribution in [0.15, 0.2) is 47.6 Å². The Labute approximate surface area is 122 Å². The Bertz CT molecular complexity index is 936. The molecule has 0 radical (unpaired) electrons. The zero-order chi connectivity index (χ0) is 16.0. The van der Waals surface area contributed by atoms with E-state index in [1.54, 1.807) is 0 Å². The quantitative estimate of drug-likeness (QED) is 0.720. The molecule has 10 heteroatoms. The molecule has 1 aromatic carbocycles. The molecule has 22 heavy (non-hydrogen) atoms. The summed E-state index contributed by atoms with van der Waals surface area (Å²) in [5.41, 5.74) is -1.19. The van der Waals surface area contributed by atoms with Gasteiger partial charge in [-0.1, -0.05) is 5.21 Å². The Morgan fingerprint density at radius 3 is 2.55 bits per heavy atom. The Morgan fingerprint density at radius 2 is 1.91 bits per heavy atom. The number of benzene rings is 1. The van der Waals surface area contributed by atoms with Crippen LogP contribution in [0.3, 0.4) is 0 Å². The molecule has 0 saturated heterocycles.